The Balaban J connectivity index is 1.62. The maximum atomic E-state index is 11.7. The number of aromatic amines is 1. The molecule has 1 saturated heterocycles. The van der Waals surface area contributed by atoms with Crippen LogP contribution in [0.4, 0.5) is 4.79 Å². The molecule has 0 radical (unpaired) electrons. The first kappa shape index (κ1) is 17.6. The zero-order valence-electron chi connectivity index (χ0n) is 14.7. The Morgan fingerprint density at radius 3 is 2.84 bits per heavy atom. The number of carbonyl (C=O) groups is 1. The summed E-state index contributed by atoms with van der Waals surface area (Å²) >= 11 is 0. The predicted molar refractivity (Wildman–Crippen MR) is 94.0 cm³/mol. The van der Waals surface area contributed by atoms with Crippen LogP contribution in [0.5, 0.6) is 5.75 Å². The number of H-pyrrole nitrogens is 1. The van der Waals surface area contributed by atoms with E-state index in [1.165, 1.54) is 4.90 Å². The molecule has 2 aromatic rings. The third-order valence-corrected chi connectivity index (χ3v) is 4.76. The van der Waals surface area contributed by atoms with E-state index in [1.807, 2.05) is 31.3 Å². The number of fused-ring (bicyclic) bond motifs is 1. The number of piperazine rings is 1. The van der Waals surface area contributed by atoms with Gasteiger partial charge < -0.3 is 24.5 Å². The second kappa shape index (κ2) is 7.76. The Bertz CT molecular complexity index is 722. The van der Waals surface area contributed by atoms with Gasteiger partial charge in [0.05, 0.1) is 39.9 Å². The molecule has 1 aromatic carbocycles. The second-order valence-electron chi connectivity index (χ2n) is 6.31. The Morgan fingerprint density at radius 2 is 2.16 bits per heavy atom. The van der Waals surface area contributed by atoms with Crippen molar-refractivity contribution in [3.63, 3.8) is 0 Å². The number of amides is 1. The summed E-state index contributed by atoms with van der Waals surface area (Å²) in [6.45, 7) is 5.75. The SMILES string of the molecule is CCOC(=O)N1CC[NH+](C[C@H](O)c2c[nH]c3ccc(OC)cc23)CC1. The lowest BCUT2D eigenvalue weighted by Gasteiger charge is -2.32. The van der Waals surface area contributed by atoms with E-state index in [2.05, 4.69) is 4.98 Å². The van der Waals surface area contributed by atoms with E-state index >= 15 is 0 Å². The molecule has 1 aliphatic rings. The van der Waals surface area contributed by atoms with Crippen LogP contribution < -0.4 is 9.64 Å². The second-order valence-corrected chi connectivity index (χ2v) is 6.31. The Labute approximate surface area is 147 Å². The maximum absolute atomic E-state index is 11.7. The fourth-order valence-corrected chi connectivity index (χ4v) is 3.33. The van der Waals surface area contributed by atoms with E-state index in [4.69, 9.17) is 9.47 Å². The number of methoxy groups -OCH3 is 1. The number of aliphatic hydroxyl groups excluding tert-OH is 1. The first-order valence-corrected chi connectivity index (χ1v) is 8.70. The summed E-state index contributed by atoms with van der Waals surface area (Å²) in [6, 6.07) is 5.79. The molecule has 1 aromatic heterocycles. The molecule has 1 atom stereocenters. The van der Waals surface area contributed by atoms with Crippen molar-refractivity contribution < 1.29 is 24.3 Å². The number of aromatic nitrogens is 1. The number of ether oxygens (including phenoxy) is 2. The first-order valence-electron chi connectivity index (χ1n) is 8.70. The molecule has 1 amide bonds. The molecule has 136 valence electrons. The Hall–Kier alpha value is -2.25. The average molecular weight is 348 g/mol. The minimum Gasteiger partial charge on any atom is -0.497 e. The predicted octanol–water partition coefficient (Wildman–Crippen LogP) is 0.567. The molecule has 0 bridgehead atoms. The summed E-state index contributed by atoms with van der Waals surface area (Å²) in [5.41, 5.74) is 1.87. The molecule has 0 aliphatic carbocycles. The van der Waals surface area contributed by atoms with Crippen LogP contribution >= 0.6 is 0 Å². The Kier molecular flexibility index (Phi) is 5.45. The molecule has 0 saturated carbocycles. The summed E-state index contributed by atoms with van der Waals surface area (Å²) in [6.07, 6.45) is 1.05. The molecule has 3 N–H and O–H groups in total. The van der Waals surface area contributed by atoms with Crippen LogP contribution in [0.1, 0.15) is 18.6 Å². The van der Waals surface area contributed by atoms with Crippen LogP contribution in [0.2, 0.25) is 0 Å². The minimum absolute atomic E-state index is 0.245. The van der Waals surface area contributed by atoms with Crippen LogP contribution in [0, 0.1) is 0 Å². The zero-order valence-corrected chi connectivity index (χ0v) is 14.7. The molecular formula is C18H26N3O4+. The van der Waals surface area contributed by atoms with E-state index in [9.17, 15) is 9.90 Å². The van der Waals surface area contributed by atoms with Crippen LogP contribution in [-0.2, 0) is 4.74 Å². The van der Waals surface area contributed by atoms with Gasteiger partial charge in [-0.25, -0.2) is 4.79 Å². The van der Waals surface area contributed by atoms with Crippen molar-refractivity contribution in [3.8, 4) is 5.75 Å². The van der Waals surface area contributed by atoms with Gasteiger partial charge in [0.1, 0.15) is 18.4 Å². The van der Waals surface area contributed by atoms with Gasteiger partial charge in [-0.15, -0.1) is 0 Å². The van der Waals surface area contributed by atoms with E-state index in [0.717, 1.165) is 35.3 Å². The van der Waals surface area contributed by atoms with Gasteiger partial charge in [-0.1, -0.05) is 0 Å². The highest BCUT2D eigenvalue weighted by Crippen LogP contribution is 2.27. The van der Waals surface area contributed by atoms with Gasteiger partial charge in [0.15, 0.2) is 0 Å². The van der Waals surface area contributed by atoms with Crippen molar-refractivity contribution >= 4 is 17.0 Å². The minimum atomic E-state index is -0.565. The number of hydrogen-bond donors (Lipinski definition) is 3. The maximum Gasteiger partial charge on any atom is 0.410 e. The van der Waals surface area contributed by atoms with Gasteiger partial charge in [0.25, 0.3) is 0 Å². The largest absolute Gasteiger partial charge is 0.497 e. The zero-order chi connectivity index (χ0) is 17.8. The lowest BCUT2D eigenvalue weighted by Crippen LogP contribution is -3.15. The molecule has 7 heteroatoms. The number of rotatable bonds is 5. The summed E-state index contributed by atoms with van der Waals surface area (Å²) in [5.74, 6) is 0.774. The van der Waals surface area contributed by atoms with Crippen LogP contribution in [0.15, 0.2) is 24.4 Å². The van der Waals surface area contributed by atoms with Gasteiger partial charge in [0.2, 0.25) is 0 Å². The number of aliphatic hydroxyl groups is 1. The van der Waals surface area contributed by atoms with E-state index in [-0.39, 0.29) is 6.09 Å². The fourth-order valence-electron chi connectivity index (χ4n) is 3.33. The van der Waals surface area contributed by atoms with Gasteiger partial charge in [-0.3, -0.25) is 4.90 Å². The van der Waals surface area contributed by atoms with E-state index < -0.39 is 6.10 Å². The van der Waals surface area contributed by atoms with Crippen molar-refractivity contribution in [1.82, 2.24) is 9.88 Å². The standard InChI is InChI=1S/C18H25N3O4/c1-3-25-18(23)21-8-6-20(7-9-21)12-17(22)15-11-19-16-5-4-13(24-2)10-14(15)16/h4-5,10-11,17,19,22H,3,6-9,12H2,1-2H3/p+1/t17-/m0/s1. The normalized spacial score (nSPS) is 16.8. The molecule has 1 aliphatic heterocycles. The topological polar surface area (TPSA) is 79.2 Å². The first-order chi connectivity index (χ1) is 12.1. The Morgan fingerprint density at radius 1 is 1.40 bits per heavy atom. The number of benzene rings is 1. The number of carbonyl (C=O) groups excluding carboxylic acids is 1. The highest BCUT2D eigenvalue weighted by atomic mass is 16.6. The van der Waals surface area contributed by atoms with E-state index in [0.29, 0.717) is 26.2 Å². The summed E-state index contributed by atoms with van der Waals surface area (Å²) in [5, 5.41) is 11.7. The number of nitrogens with one attached hydrogen (secondary N) is 2. The van der Waals surface area contributed by atoms with Crippen LogP contribution in [0.25, 0.3) is 10.9 Å². The van der Waals surface area contributed by atoms with Crippen molar-refractivity contribution in [2.45, 2.75) is 13.0 Å². The third-order valence-electron chi connectivity index (χ3n) is 4.76. The molecule has 0 spiro atoms. The molecule has 2 heterocycles. The third kappa shape index (κ3) is 3.88. The van der Waals surface area contributed by atoms with Crippen molar-refractivity contribution in [1.29, 1.82) is 0 Å². The van der Waals surface area contributed by atoms with E-state index in [1.54, 1.807) is 12.0 Å². The fraction of sp³-hybridized carbons (Fsp3) is 0.500. The summed E-state index contributed by atoms with van der Waals surface area (Å²) < 4.78 is 10.3. The lowest BCUT2D eigenvalue weighted by molar-refractivity contribution is -0.907. The molecule has 3 rings (SSSR count). The van der Waals surface area contributed by atoms with Crippen molar-refractivity contribution in [2.24, 2.45) is 0 Å². The number of hydrogen-bond acceptors (Lipinski definition) is 4. The summed E-state index contributed by atoms with van der Waals surface area (Å²) in [7, 11) is 1.64. The molecular weight excluding hydrogens is 322 g/mol. The quantitative estimate of drug-likeness (QED) is 0.738. The highest BCUT2D eigenvalue weighted by Gasteiger charge is 2.27. The monoisotopic (exact) mass is 348 g/mol. The molecule has 7 nitrogen and oxygen atoms in total. The smallest absolute Gasteiger partial charge is 0.410 e. The van der Waals surface area contributed by atoms with Crippen LogP contribution in [0.3, 0.4) is 0 Å². The molecule has 1 fully saturated rings. The van der Waals surface area contributed by atoms with Crippen molar-refractivity contribution in [3.05, 3.63) is 30.0 Å². The van der Waals surface area contributed by atoms with Crippen molar-refractivity contribution in [2.75, 3.05) is 46.4 Å². The van der Waals surface area contributed by atoms with Gasteiger partial charge >= 0.3 is 6.09 Å². The van der Waals surface area contributed by atoms with Gasteiger partial charge in [-0.2, -0.15) is 0 Å². The number of quaternary nitrogens is 1. The summed E-state index contributed by atoms with van der Waals surface area (Å²) in [4.78, 5) is 18.0. The molecule has 25 heavy (non-hydrogen) atoms. The average Bonchev–Trinajstić information content (AvgIpc) is 3.05. The van der Waals surface area contributed by atoms with Gasteiger partial charge in [-0.05, 0) is 25.1 Å². The van der Waals surface area contributed by atoms with Gasteiger partial charge in [0, 0.05) is 22.7 Å². The highest BCUT2D eigenvalue weighted by molar-refractivity contribution is 5.85. The lowest BCUT2D eigenvalue weighted by atomic mass is 10.1. The number of nitrogens with zero attached hydrogens (tertiary/aromatic N) is 1. The van der Waals surface area contributed by atoms with Crippen LogP contribution in [-0.4, -0.2) is 67.5 Å². The molecule has 0 unspecified atom stereocenters.